The molecule has 0 atom stereocenters. The average molecular weight is 241 g/mol. The van der Waals surface area contributed by atoms with E-state index >= 15 is 0 Å². The van der Waals surface area contributed by atoms with Crippen LogP contribution in [0.3, 0.4) is 0 Å². The van der Waals surface area contributed by atoms with Gasteiger partial charge in [0.1, 0.15) is 0 Å². The maximum atomic E-state index is 4.78. The summed E-state index contributed by atoms with van der Waals surface area (Å²) in [6.07, 6.45) is 4.73. The minimum absolute atomic E-state index is 0.665. The predicted octanol–water partition coefficient (Wildman–Crippen LogP) is 4.78. The minimum Gasteiger partial charge on any atom is -0.253 e. The van der Waals surface area contributed by atoms with Crippen LogP contribution in [0.5, 0.6) is 0 Å². The molecule has 0 amide bonds. The van der Waals surface area contributed by atoms with Gasteiger partial charge < -0.3 is 0 Å². The van der Waals surface area contributed by atoms with Gasteiger partial charge in [0.25, 0.3) is 0 Å². The largest absolute Gasteiger partial charge is 0.253 e. The van der Waals surface area contributed by atoms with Crippen LogP contribution in [0.4, 0.5) is 0 Å². The zero-order valence-electron chi connectivity index (χ0n) is 11.7. The van der Waals surface area contributed by atoms with E-state index in [0.717, 1.165) is 11.9 Å². The summed E-state index contributed by atoms with van der Waals surface area (Å²) in [7, 11) is 0. The third-order valence-corrected chi connectivity index (χ3v) is 3.30. The fourth-order valence-electron chi connectivity index (χ4n) is 2.38. The van der Waals surface area contributed by atoms with Crippen LogP contribution in [0, 0.1) is 5.92 Å². The summed E-state index contributed by atoms with van der Waals surface area (Å²) >= 11 is 0. The maximum absolute atomic E-state index is 4.78. The topological polar surface area (TPSA) is 12.9 Å². The van der Waals surface area contributed by atoms with Gasteiger partial charge in [-0.05, 0) is 42.9 Å². The summed E-state index contributed by atoms with van der Waals surface area (Å²) in [5.74, 6) is 0.665. The molecule has 0 fully saturated rings. The van der Waals surface area contributed by atoms with Gasteiger partial charge in [-0.3, -0.25) is 4.98 Å². The van der Waals surface area contributed by atoms with Crippen molar-refractivity contribution in [2.24, 2.45) is 5.92 Å². The molecule has 0 aliphatic rings. The van der Waals surface area contributed by atoms with Gasteiger partial charge in [-0.1, -0.05) is 45.4 Å². The molecule has 0 saturated heterocycles. The van der Waals surface area contributed by atoms with Crippen molar-refractivity contribution in [3.05, 3.63) is 41.6 Å². The second-order valence-electron chi connectivity index (χ2n) is 5.49. The molecule has 0 N–H and O–H groups in total. The number of hydrogen-bond acceptors (Lipinski definition) is 1. The molecule has 96 valence electrons. The smallest absolute Gasteiger partial charge is 0.0708 e. The SMILES string of the molecule is CCCCc1cccc2nc(CC(C)C)ccc12. The number of nitrogens with zero attached hydrogens (tertiary/aromatic N) is 1. The predicted molar refractivity (Wildman–Crippen MR) is 78.9 cm³/mol. The van der Waals surface area contributed by atoms with Crippen molar-refractivity contribution in [2.45, 2.75) is 46.5 Å². The number of fused-ring (bicyclic) bond motifs is 1. The highest BCUT2D eigenvalue weighted by atomic mass is 14.7. The number of benzene rings is 1. The molecule has 0 bridgehead atoms. The van der Waals surface area contributed by atoms with Crippen LogP contribution in [0.25, 0.3) is 10.9 Å². The van der Waals surface area contributed by atoms with Crippen LogP contribution in [-0.4, -0.2) is 4.98 Å². The van der Waals surface area contributed by atoms with Gasteiger partial charge in [-0.25, -0.2) is 0 Å². The fourth-order valence-corrected chi connectivity index (χ4v) is 2.38. The Morgan fingerprint density at radius 2 is 1.94 bits per heavy atom. The first kappa shape index (κ1) is 13.1. The van der Waals surface area contributed by atoms with Crippen molar-refractivity contribution in [1.29, 1.82) is 0 Å². The van der Waals surface area contributed by atoms with Crippen LogP contribution >= 0.6 is 0 Å². The summed E-state index contributed by atoms with van der Waals surface area (Å²) in [6, 6.07) is 11.0. The Bertz CT molecular complexity index is 514. The quantitative estimate of drug-likeness (QED) is 0.734. The molecule has 0 aliphatic heterocycles. The number of pyridine rings is 1. The van der Waals surface area contributed by atoms with E-state index in [4.69, 9.17) is 4.98 Å². The van der Waals surface area contributed by atoms with Gasteiger partial charge in [0.2, 0.25) is 0 Å². The highest BCUT2D eigenvalue weighted by Crippen LogP contribution is 2.20. The third kappa shape index (κ3) is 3.10. The van der Waals surface area contributed by atoms with Crippen molar-refractivity contribution in [3.63, 3.8) is 0 Å². The molecule has 0 saturated carbocycles. The van der Waals surface area contributed by atoms with Crippen LogP contribution < -0.4 is 0 Å². The molecular weight excluding hydrogens is 218 g/mol. The van der Waals surface area contributed by atoms with E-state index in [0.29, 0.717) is 5.92 Å². The summed E-state index contributed by atoms with van der Waals surface area (Å²) in [5, 5.41) is 1.33. The normalized spacial score (nSPS) is 11.3. The zero-order valence-corrected chi connectivity index (χ0v) is 11.7. The summed E-state index contributed by atoms with van der Waals surface area (Å²) < 4.78 is 0. The van der Waals surface area contributed by atoms with E-state index in [9.17, 15) is 0 Å². The van der Waals surface area contributed by atoms with Gasteiger partial charge in [0.05, 0.1) is 5.52 Å². The molecular formula is C17H23N. The van der Waals surface area contributed by atoms with Crippen molar-refractivity contribution < 1.29 is 0 Å². The molecule has 0 radical (unpaired) electrons. The third-order valence-electron chi connectivity index (χ3n) is 3.30. The molecule has 1 nitrogen and oxygen atoms in total. The van der Waals surface area contributed by atoms with E-state index in [1.54, 1.807) is 0 Å². The monoisotopic (exact) mass is 241 g/mol. The molecule has 1 heteroatoms. The Morgan fingerprint density at radius 3 is 2.67 bits per heavy atom. The summed E-state index contributed by atoms with van der Waals surface area (Å²) in [4.78, 5) is 4.78. The van der Waals surface area contributed by atoms with E-state index in [-0.39, 0.29) is 0 Å². The molecule has 2 aromatic rings. The Balaban J connectivity index is 2.34. The Kier molecular flexibility index (Phi) is 4.35. The van der Waals surface area contributed by atoms with Gasteiger partial charge in [0, 0.05) is 11.1 Å². The lowest BCUT2D eigenvalue weighted by Crippen LogP contribution is -1.98. The number of hydrogen-bond donors (Lipinski definition) is 0. The molecule has 0 aliphatic carbocycles. The number of aryl methyl sites for hydroxylation is 1. The van der Waals surface area contributed by atoms with Crippen molar-refractivity contribution >= 4 is 10.9 Å². The van der Waals surface area contributed by atoms with E-state index in [1.807, 2.05) is 0 Å². The number of unbranched alkanes of at least 4 members (excludes halogenated alkanes) is 1. The van der Waals surface area contributed by atoms with E-state index < -0.39 is 0 Å². The van der Waals surface area contributed by atoms with E-state index in [2.05, 4.69) is 51.1 Å². The number of aromatic nitrogens is 1. The van der Waals surface area contributed by atoms with Crippen molar-refractivity contribution in [1.82, 2.24) is 4.98 Å². The Morgan fingerprint density at radius 1 is 1.11 bits per heavy atom. The van der Waals surface area contributed by atoms with Crippen molar-refractivity contribution in [3.8, 4) is 0 Å². The van der Waals surface area contributed by atoms with Gasteiger partial charge >= 0.3 is 0 Å². The van der Waals surface area contributed by atoms with Gasteiger partial charge in [-0.15, -0.1) is 0 Å². The maximum Gasteiger partial charge on any atom is 0.0708 e. The van der Waals surface area contributed by atoms with Crippen LogP contribution in [0.15, 0.2) is 30.3 Å². The fraction of sp³-hybridized carbons (Fsp3) is 0.471. The first-order chi connectivity index (χ1) is 8.70. The second-order valence-corrected chi connectivity index (χ2v) is 5.49. The first-order valence-electron chi connectivity index (χ1n) is 7.08. The van der Waals surface area contributed by atoms with E-state index in [1.165, 1.54) is 35.9 Å². The van der Waals surface area contributed by atoms with Crippen LogP contribution in [0.1, 0.15) is 44.9 Å². The Hall–Kier alpha value is -1.37. The molecule has 0 unspecified atom stereocenters. The Labute approximate surface area is 110 Å². The average Bonchev–Trinajstić information content (AvgIpc) is 2.35. The molecule has 1 aromatic heterocycles. The lowest BCUT2D eigenvalue weighted by atomic mass is 10.0. The zero-order chi connectivity index (χ0) is 13.0. The van der Waals surface area contributed by atoms with Gasteiger partial charge in [0.15, 0.2) is 0 Å². The number of rotatable bonds is 5. The lowest BCUT2D eigenvalue weighted by molar-refractivity contribution is 0.637. The second kappa shape index (κ2) is 5.99. The molecule has 18 heavy (non-hydrogen) atoms. The summed E-state index contributed by atoms with van der Waals surface area (Å²) in [6.45, 7) is 6.72. The molecule has 1 heterocycles. The standard InChI is InChI=1S/C17H23N/c1-4-5-7-14-8-6-9-17-16(14)11-10-15(18-17)12-13(2)3/h6,8-11,13H,4-5,7,12H2,1-3H3. The molecule has 1 aromatic carbocycles. The first-order valence-corrected chi connectivity index (χ1v) is 7.08. The van der Waals surface area contributed by atoms with Crippen molar-refractivity contribution in [2.75, 3.05) is 0 Å². The molecule has 2 rings (SSSR count). The summed E-state index contributed by atoms with van der Waals surface area (Å²) in [5.41, 5.74) is 3.81. The highest BCUT2D eigenvalue weighted by molar-refractivity contribution is 5.82. The minimum atomic E-state index is 0.665. The lowest BCUT2D eigenvalue weighted by Gasteiger charge is -2.08. The molecule has 0 spiro atoms. The highest BCUT2D eigenvalue weighted by Gasteiger charge is 2.04. The van der Waals surface area contributed by atoms with Crippen LogP contribution in [0.2, 0.25) is 0 Å². The van der Waals surface area contributed by atoms with Crippen LogP contribution in [-0.2, 0) is 12.8 Å². The van der Waals surface area contributed by atoms with Gasteiger partial charge in [-0.2, -0.15) is 0 Å².